The minimum Gasteiger partial charge on any atom is -0.497 e. The van der Waals surface area contributed by atoms with Crippen LogP contribution in [0.5, 0.6) is 5.75 Å². The van der Waals surface area contributed by atoms with E-state index in [0.717, 1.165) is 27.5 Å². The van der Waals surface area contributed by atoms with Gasteiger partial charge in [0.05, 0.1) is 12.8 Å². The number of hydrogen-bond donors (Lipinski definition) is 3. The van der Waals surface area contributed by atoms with Crippen molar-refractivity contribution in [1.82, 2.24) is 15.3 Å². The van der Waals surface area contributed by atoms with Gasteiger partial charge >= 0.3 is 0 Å². The van der Waals surface area contributed by atoms with E-state index >= 15 is 0 Å². The second-order valence-corrected chi connectivity index (χ2v) is 12.8. The Morgan fingerprint density at radius 1 is 0.840 bits per heavy atom. The number of nitrogens with one attached hydrogen (secondary N) is 3. The molecule has 50 heavy (non-hydrogen) atoms. The number of thiazole rings is 1. The maximum absolute atomic E-state index is 13.7. The molecule has 0 spiro atoms. The van der Waals surface area contributed by atoms with Gasteiger partial charge in [-0.3, -0.25) is 19.4 Å². The minimum absolute atomic E-state index is 0.0582. The predicted molar refractivity (Wildman–Crippen MR) is 199 cm³/mol. The fourth-order valence-corrected chi connectivity index (χ4v) is 6.59. The second kappa shape index (κ2) is 16.4. The van der Waals surface area contributed by atoms with E-state index in [9.17, 15) is 14.4 Å². The highest BCUT2D eigenvalue weighted by Crippen LogP contribution is 2.37. The maximum Gasteiger partial charge on any atom is 0.272 e. The molecule has 0 bridgehead atoms. The number of carbonyl (C=O) groups is 3. The van der Waals surface area contributed by atoms with Gasteiger partial charge in [-0.2, -0.15) is 0 Å². The van der Waals surface area contributed by atoms with Gasteiger partial charge in [0.15, 0.2) is 5.13 Å². The van der Waals surface area contributed by atoms with E-state index in [-0.39, 0.29) is 11.6 Å². The molecule has 11 heteroatoms. The van der Waals surface area contributed by atoms with Crippen LogP contribution in [0.15, 0.2) is 150 Å². The Bertz CT molecular complexity index is 2110. The standard InChI is InChI=1S/C39H31N5O4S2/c1-48-31-16-8-15-29(23-31)34-25-49-39(43-34)44-38(47)35(27-11-4-2-5-12-27)50-32-19-17-30(18-20-32)41-37(46)33(22-26-10-9-21-40-24-26)42-36(45)28-13-6-3-7-14-28/h2-25,35H,1H3,(H,41,46)(H,42,45)(H,43,44,47)/b33-22-. The predicted octanol–water partition coefficient (Wildman–Crippen LogP) is 8.10. The van der Waals surface area contributed by atoms with Crippen molar-refractivity contribution in [3.63, 3.8) is 0 Å². The first-order valence-corrected chi connectivity index (χ1v) is 17.2. The smallest absolute Gasteiger partial charge is 0.272 e. The summed E-state index contributed by atoms with van der Waals surface area (Å²) in [6.07, 6.45) is 4.80. The zero-order valence-electron chi connectivity index (χ0n) is 26.8. The van der Waals surface area contributed by atoms with Gasteiger partial charge < -0.3 is 20.7 Å². The normalized spacial score (nSPS) is 11.7. The Morgan fingerprint density at radius 2 is 1.60 bits per heavy atom. The maximum atomic E-state index is 13.7. The first kappa shape index (κ1) is 33.8. The van der Waals surface area contributed by atoms with Gasteiger partial charge in [0, 0.05) is 39.5 Å². The lowest BCUT2D eigenvalue weighted by molar-refractivity contribution is -0.116. The third-order valence-corrected chi connectivity index (χ3v) is 9.35. The molecule has 3 N–H and O–H groups in total. The Labute approximate surface area is 297 Å². The first-order valence-electron chi connectivity index (χ1n) is 15.5. The Morgan fingerprint density at radius 3 is 2.32 bits per heavy atom. The molecular weight excluding hydrogens is 667 g/mol. The summed E-state index contributed by atoms with van der Waals surface area (Å²) in [4.78, 5) is 49.6. The molecule has 248 valence electrons. The van der Waals surface area contributed by atoms with Crippen molar-refractivity contribution in [2.24, 2.45) is 0 Å². The topological polar surface area (TPSA) is 122 Å². The molecule has 0 saturated heterocycles. The number of ether oxygens (including phenoxy) is 1. The van der Waals surface area contributed by atoms with Gasteiger partial charge in [-0.05, 0) is 71.8 Å². The molecule has 0 fully saturated rings. The molecule has 0 aliphatic rings. The molecule has 0 aliphatic heterocycles. The van der Waals surface area contributed by atoms with Gasteiger partial charge in [0.25, 0.3) is 11.8 Å². The van der Waals surface area contributed by atoms with Crippen LogP contribution in [0.2, 0.25) is 0 Å². The van der Waals surface area contributed by atoms with Gasteiger partial charge in [0.1, 0.15) is 16.7 Å². The molecule has 2 aromatic heterocycles. The summed E-state index contributed by atoms with van der Waals surface area (Å²) >= 11 is 2.73. The highest BCUT2D eigenvalue weighted by molar-refractivity contribution is 8.00. The van der Waals surface area contributed by atoms with Crippen molar-refractivity contribution in [3.05, 3.63) is 161 Å². The number of nitrogens with zero attached hydrogens (tertiary/aromatic N) is 2. The number of thioether (sulfide) groups is 1. The molecule has 0 saturated carbocycles. The van der Waals surface area contributed by atoms with Gasteiger partial charge in [0.2, 0.25) is 5.91 Å². The van der Waals surface area contributed by atoms with Gasteiger partial charge in [-0.25, -0.2) is 4.98 Å². The van der Waals surface area contributed by atoms with Crippen LogP contribution >= 0.6 is 23.1 Å². The lowest BCUT2D eigenvalue weighted by Gasteiger charge is -2.17. The lowest BCUT2D eigenvalue weighted by Crippen LogP contribution is -2.30. The summed E-state index contributed by atoms with van der Waals surface area (Å²) in [5.74, 6) is -0.410. The third-order valence-electron chi connectivity index (χ3n) is 7.33. The average molecular weight is 698 g/mol. The molecular formula is C39H31N5O4S2. The number of rotatable bonds is 12. The largest absolute Gasteiger partial charge is 0.497 e. The van der Waals surface area contributed by atoms with Crippen LogP contribution in [-0.4, -0.2) is 34.8 Å². The van der Waals surface area contributed by atoms with Crippen LogP contribution in [0, 0.1) is 0 Å². The second-order valence-electron chi connectivity index (χ2n) is 10.8. The summed E-state index contributed by atoms with van der Waals surface area (Å²) in [5.41, 5.74) is 4.10. The molecule has 0 radical (unpaired) electrons. The Kier molecular flexibility index (Phi) is 11.1. The van der Waals surface area contributed by atoms with E-state index in [1.165, 1.54) is 23.1 Å². The summed E-state index contributed by atoms with van der Waals surface area (Å²) in [5, 5.41) is 10.4. The van der Waals surface area contributed by atoms with E-state index in [2.05, 4.69) is 25.9 Å². The molecule has 6 rings (SSSR count). The number of anilines is 2. The quantitative estimate of drug-likeness (QED) is 0.0873. The molecule has 1 atom stereocenters. The third kappa shape index (κ3) is 8.90. The number of carbonyl (C=O) groups excluding carboxylic acids is 3. The summed E-state index contributed by atoms with van der Waals surface area (Å²) in [6, 6.07) is 36.5. The van der Waals surface area contributed by atoms with Crippen molar-refractivity contribution in [3.8, 4) is 17.0 Å². The number of pyridine rings is 1. The summed E-state index contributed by atoms with van der Waals surface area (Å²) < 4.78 is 5.34. The van der Waals surface area contributed by atoms with Crippen LogP contribution in [0.25, 0.3) is 17.3 Å². The molecule has 0 aliphatic carbocycles. The molecule has 9 nitrogen and oxygen atoms in total. The molecule has 1 unspecified atom stereocenters. The van der Waals surface area contributed by atoms with Crippen molar-refractivity contribution in [2.45, 2.75) is 10.1 Å². The van der Waals surface area contributed by atoms with Crippen LogP contribution in [-0.2, 0) is 9.59 Å². The van der Waals surface area contributed by atoms with Crippen molar-refractivity contribution in [1.29, 1.82) is 0 Å². The van der Waals surface area contributed by atoms with Crippen LogP contribution in [0.1, 0.15) is 26.7 Å². The van der Waals surface area contributed by atoms with Crippen molar-refractivity contribution < 1.29 is 19.1 Å². The van der Waals surface area contributed by atoms with E-state index in [4.69, 9.17) is 4.74 Å². The zero-order valence-corrected chi connectivity index (χ0v) is 28.4. The number of amides is 3. The van der Waals surface area contributed by atoms with Crippen LogP contribution < -0.4 is 20.7 Å². The Hall–Kier alpha value is -6.04. The van der Waals surface area contributed by atoms with Crippen molar-refractivity contribution >= 4 is 57.7 Å². The lowest BCUT2D eigenvalue weighted by atomic mass is 10.1. The van der Waals surface area contributed by atoms with Crippen LogP contribution in [0.4, 0.5) is 10.8 Å². The highest BCUT2D eigenvalue weighted by Gasteiger charge is 2.24. The van der Waals surface area contributed by atoms with E-state index in [1.807, 2.05) is 78.2 Å². The number of benzene rings is 4. The van der Waals surface area contributed by atoms with E-state index < -0.39 is 17.1 Å². The minimum atomic E-state index is -0.581. The summed E-state index contributed by atoms with van der Waals surface area (Å²) in [7, 11) is 1.62. The number of methoxy groups -OCH3 is 1. The van der Waals surface area contributed by atoms with Crippen molar-refractivity contribution in [2.75, 3.05) is 17.7 Å². The monoisotopic (exact) mass is 697 g/mol. The number of hydrogen-bond acceptors (Lipinski definition) is 8. The van der Waals surface area contributed by atoms with Gasteiger partial charge in [-0.1, -0.05) is 66.7 Å². The average Bonchev–Trinajstić information content (AvgIpc) is 3.63. The van der Waals surface area contributed by atoms with E-state index in [1.54, 1.807) is 74.1 Å². The summed E-state index contributed by atoms with van der Waals surface area (Å²) in [6.45, 7) is 0. The van der Waals surface area contributed by atoms with Gasteiger partial charge in [-0.15, -0.1) is 23.1 Å². The highest BCUT2D eigenvalue weighted by atomic mass is 32.2. The van der Waals surface area contributed by atoms with Crippen LogP contribution in [0.3, 0.4) is 0 Å². The Balaban J connectivity index is 1.16. The number of aromatic nitrogens is 2. The molecule has 4 aromatic carbocycles. The fraction of sp³-hybridized carbons (Fsp3) is 0.0513. The molecule has 6 aromatic rings. The fourth-order valence-electron chi connectivity index (χ4n) is 4.84. The van der Waals surface area contributed by atoms with E-state index in [0.29, 0.717) is 21.9 Å². The molecule has 2 heterocycles. The SMILES string of the molecule is COc1cccc(-c2csc(NC(=O)C(Sc3ccc(NC(=O)/C(=C/c4cccnc4)NC(=O)c4ccccc4)cc3)c3ccccc3)n2)c1. The molecule has 3 amide bonds. The first-order chi connectivity index (χ1) is 24.4. The zero-order chi connectivity index (χ0) is 34.7.